The maximum Gasteiger partial charge on any atom is 0.396 e. The Morgan fingerprint density at radius 2 is 2.00 bits per heavy atom. The first-order valence-electron chi connectivity index (χ1n) is 5.32. The van der Waals surface area contributed by atoms with Gasteiger partial charge in [0, 0.05) is 0 Å². The number of hydrogen-bond acceptors (Lipinski definition) is 4. The molecular formula is C10H15F3N2O2. The fraction of sp³-hybridized carbons (Fsp3) is 0.800. The van der Waals surface area contributed by atoms with E-state index in [2.05, 4.69) is 14.7 Å². The third-order valence-corrected chi connectivity index (χ3v) is 2.02. The van der Waals surface area contributed by atoms with Gasteiger partial charge >= 0.3 is 6.18 Å². The number of halogens is 3. The Kier molecular flexibility index (Phi) is 4.50. The Balaban J connectivity index is 2.51. The van der Waals surface area contributed by atoms with Gasteiger partial charge in [0.15, 0.2) is 5.82 Å². The van der Waals surface area contributed by atoms with Crippen molar-refractivity contribution in [2.45, 2.75) is 45.4 Å². The highest BCUT2D eigenvalue weighted by Gasteiger charge is 2.30. The minimum Gasteiger partial charge on any atom is -0.393 e. The van der Waals surface area contributed by atoms with Gasteiger partial charge in [0.1, 0.15) is 6.42 Å². The molecular weight excluding hydrogens is 237 g/mol. The second-order valence-corrected chi connectivity index (χ2v) is 4.38. The summed E-state index contributed by atoms with van der Waals surface area (Å²) in [5.74, 6) is -0.0655. The van der Waals surface area contributed by atoms with Crippen LogP contribution in [0.3, 0.4) is 0 Å². The topological polar surface area (TPSA) is 59.2 Å². The normalized spacial score (nSPS) is 14.3. The molecule has 0 bridgehead atoms. The molecule has 1 heterocycles. The highest BCUT2D eigenvalue weighted by molar-refractivity contribution is 4.90. The largest absolute Gasteiger partial charge is 0.396 e. The van der Waals surface area contributed by atoms with E-state index in [0.717, 1.165) is 0 Å². The second kappa shape index (κ2) is 5.48. The quantitative estimate of drug-likeness (QED) is 0.872. The third-order valence-electron chi connectivity index (χ3n) is 2.02. The first-order valence-corrected chi connectivity index (χ1v) is 5.32. The van der Waals surface area contributed by atoms with Gasteiger partial charge in [-0.15, -0.1) is 0 Å². The molecule has 1 rings (SSSR count). The summed E-state index contributed by atoms with van der Waals surface area (Å²) in [5.41, 5.74) is 0. The van der Waals surface area contributed by atoms with E-state index in [1.165, 1.54) is 0 Å². The minimum atomic E-state index is -4.35. The van der Waals surface area contributed by atoms with Crippen molar-refractivity contribution >= 4 is 0 Å². The molecule has 0 amide bonds. The molecule has 0 aliphatic rings. The molecule has 4 nitrogen and oxygen atoms in total. The van der Waals surface area contributed by atoms with Gasteiger partial charge in [-0.2, -0.15) is 18.2 Å². The number of alkyl halides is 3. The molecule has 1 aromatic heterocycles. The van der Waals surface area contributed by atoms with Gasteiger partial charge in [-0.05, 0) is 12.3 Å². The first kappa shape index (κ1) is 14.0. The molecule has 1 atom stereocenters. The van der Waals surface area contributed by atoms with Crippen molar-refractivity contribution in [3.63, 3.8) is 0 Å². The fourth-order valence-electron chi connectivity index (χ4n) is 1.45. The summed E-state index contributed by atoms with van der Waals surface area (Å²) in [6.07, 6.45) is -5.61. The molecule has 1 aromatic rings. The summed E-state index contributed by atoms with van der Waals surface area (Å²) in [6, 6.07) is 0. The molecule has 0 spiro atoms. The van der Waals surface area contributed by atoms with Crippen molar-refractivity contribution in [3.8, 4) is 0 Å². The van der Waals surface area contributed by atoms with E-state index in [-0.39, 0.29) is 12.3 Å². The lowest BCUT2D eigenvalue weighted by molar-refractivity contribution is -0.128. The van der Waals surface area contributed by atoms with Gasteiger partial charge in [0.25, 0.3) is 0 Å². The van der Waals surface area contributed by atoms with E-state index < -0.39 is 24.5 Å². The Hall–Kier alpha value is -1.11. The summed E-state index contributed by atoms with van der Waals surface area (Å²) in [6.45, 7) is 3.87. The second-order valence-electron chi connectivity index (χ2n) is 4.38. The number of rotatable bonds is 5. The monoisotopic (exact) mass is 252 g/mol. The van der Waals surface area contributed by atoms with Gasteiger partial charge in [0.05, 0.1) is 12.5 Å². The molecule has 17 heavy (non-hydrogen) atoms. The van der Waals surface area contributed by atoms with Crippen LogP contribution in [0.15, 0.2) is 4.52 Å². The maximum atomic E-state index is 12.0. The predicted molar refractivity (Wildman–Crippen MR) is 53.2 cm³/mol. The van der Waals surface area contributed by atoms with Crippen molar-refractivity contribution < 1.29 is 22.8 Å². The van der Waals surface area contributed by atoms with Crippen LogP contribution in [0.25, 0.3) is 0 Å². The molecule has 1 N–H and O–H groups in total. The van der Waals surface area contributed by atoms with E-state index in [9.17, 15) is 18.3 Å². The zero-order valence-corrected chi connectivity index (χ0v) is 9.66. The van der Waals surface area contributed by atoms with Crippen molar-refractivity contribution in [2.24, 2.45) is 5.92 Å². The SMILES string of the molecule is CC(C)CC(O)Cc1nc(CC(F)(F)F)no1. The molecule has 0 saturated carbocycles. The average molecular weight is 252 g/mol. The molecule has 1 unspecified atom stereocenters. The summed E-state index contributed by atoms with van der Waals surface area (Å²) >= 11 is 0. The zero-order valence-electron chi connectivity index (χ0n) is 9.66. The van der Waals surface area contributed by atoms with E-state index in [1.54, 1.807) is 0 Å². The van der Waals surface area contributed by atoms with Crippen molar-refractivity contribution in [2.75, 3.05) is 0 Å². The molecule has 0 aliphatic carbocycles. The summed E-state index contributed by atoms with van der Waals surface area (Å²) in [4.78, 5) is 3.59. The third kappa shape index (κ3) is 5.67. The van der Waals surface area contributed by atoms with Crippen molar-refractivity contribution in [1.82, 2.24) is 10.1 Å². The van der Waals surface area contributed by atoms with Gasteiger partial charge in [-0.25, -0.2) is 0 Å². The maximum absolute atomic E-state index is 12.0. The zero-order chi connectivity index (χ0) is 13.1. The van der Waals surface area contributed by atoms with Gasteiger partial charge < -0.3 is 9.63 Å². The number of hydrogen-bond donors (Lipinski definition) is 1. The Morgan fingerprint density at radius 1 is 1.35 bits per heavy atom. The smallest absolute Gasteiger partial charge is 0.393 e. The van der Waals surface area contributed by atoms with Gasteiger partial charge in [0.2, 0.25) is 5.89 Å². The van der Waals surface area contributed by atoms with E-state index in [1.807, 2.05) is 13.8 Å². The summed E-state index contributed by atoms with van der Waals surface area (Å²) < 4.78 is 40.7. The fourth-order valence-corrected chi connectivity index (χ4v) is 1.45. The van der Waals surface area contributed by atoms with Crippen LogP contribution < -0.4 is 0 Å². The molecule has 0 radical (unpaired) electrons. The Morgan fingerprint density at radius 3 is 2.53 bits per heavy atom. The molecule has 0 aliphatic heterocycles. The lowest BCUT2D eigenvalue weighted by Crippen LogP contribution is -2.14. The highest BCUT2D eigenvalue weighted by Crippen LogP contribution is 2.19. The number of aliphatic hydroxyl groups excluding tert-OH is 1. The highest BCUT2D eigenvalue weighted by atomic mass is 19.4. The van der Waals surface area contributed by atoms with Crippen LogP contribution >= 0.6 is 0 Å². The van der Waals surface area contributed by atoms with Crippen LogP contribution in [0.2, 0.25) is 0 Å². The molecule has 7 heteroatoms. The summed E-state index contributed by atoms with van der Waals surface area (Å²) in [5, 5.41) is 12.8. The van der Waals surface area contributed by atoms with Crippen molar-refractivity contribution in [1.29, 1.82) is 0 Å². The molecule has 98 valence electrons. The number of nitrogens with zero attached hydrogens (tertiary/aromatic N) is 2. The number of aliphatic hydroxyl groups is 1. The number of aromatic nitrogens is 2. The molecule has 0 fully saturated rings. The van der Waals surface area contributed by atoms with Crippen LogP contribution in [0, 0.1) is 5.92 Å². The van der Waals surface area contributed by atoms with Crippen LogP contribution in [0.4, 0.5) is 13.2 Å². The first-order chi connectivity index (χ1) is 7.76. The molecule has 0 saturated heterocycles. The van der Waals surface area contributed by atoms with Crippen LogP contribution in [-0.2, 0) is 12.8 Å². The average Bonchev–Trinajstić information content (AvgIpc) is 2.46. The Labute approximate surface area is 96.8 Å². The van der Waals surface area contributed by atoms with Crippen LogP contribution in [-0.4, -0.2) is 27.5 Å². The predicted octanol–water partition coefficient (Wildman–Crippen LogP) is 2.12. The van der Waals surface area contributed by atoms with Crippen LogP contribution in [0.5, 0.6) is 0 Å². The Bertz CT molecular complexity index is 350. The molecule has 0 aromatic carbocycles. The van der Waals surface area contributed by atoms with Gasteiger partial charge in [-0.3, -0.25) is 0 Å². The van der Waals surface area contributed by atoms with Crippen LogP contribution in [0.1, 0.15) is 32.0 Å². The van der Waals surface area contributed by atoms with Crippen molar-refractivity contribution in [3.05, 3.63) is 11.7 Å². The lowest BCUT2D eigenvalue weighted by Gasteiger charge is -2.09. The minimum absolute atomic E-state index is 0.0393. The van der Waals surface area contributed by atoms with E-state index in [4.69, 9.17) is 0 Å². The van der Waals surface area contributed by atoms with E-state index in [0.29, 0.717) is 12.3 Å². The standard InChI is InChI=1S/C10H15F3N2O2/c1-6(2)3-7(16)4-9-14-8(15-17-9)5-10(11,12)13/h6-7,16H,3-5H2,1-2H3. The van der Waals surface area contributed by atoms with Gasteiger partial charge in [-0.1, -0.05) is 19.0 Å². The van der Waals surface area contributed by atoms with E-state index >= 15 is 0 Å². The lowest BCUT2D eigenvalue weighted by atomic mass is 10.0. The summed E-state index contributed by atoms with van der Waals surface area (Å²) in [7, 11) is 0.